The van der Waals surface area contributed by atoms with Gasteiger partial charge in [-0.15, -0.1) is 0 Å². The van der Waals surface area contributed by atoms with Crippen LogP contribution in [0.1, 0.15) is 17.7 Å². The predicted molar refractivity (Wildman–Crippen MR) is 70.6 cm³/mol. The van der Waals surface area contributed by atoms with Crippen LogP contribution in [0, 0.1) is 6.92 Å². The van der Waals surface area contributed by atoms with E-state index in [0.29, 0.717) is 17.2 Å². The average Bonchev–Trinajstić information content (AvgIpc) is 2.66. The van der Waals surface area contributed by atoms with Crippen molar-refractivity contribution in [2.75, 3.05) is 7.11 Å². The number of H-pyrrole nitrogens is 1. The van der Waals surface area contributed by atoms with E-state index in [1.807, 2.05) is 6.92 Å². The van der Waals surface area contributed by atoms with Crippen molar-refractivity contribution in [3.63, 3.8) is 0 Å². The second-order valence-corrected chi connectivity index (χ2v) is 4.53. The summed E-state index contributed by atoms with van der Waals surface area (Å²) in [5.74, 6) is -0.106. The number of methoxy groups -OCH3 is 1. The van der Waals surface area contributed by atoms with Crippen LogP contribution in [0.2, 0.25) is 5.02 Å². The fourth-order valence-electron chi connectivity index (χ4n) is 2.10. The van der Waals surface area contributed by atoms with Gasteiger partial charge < -0.3 is 14.8 Å². The highest BCUT2D eigenvalue weighted by molar-refractivity contribution is 6.36. The van der Waals surface area contributed by atoms with E-state index in [-0.39, 0.29) is 6.42 Å². The molecule has 0 atom stereocenters. The third kappa shape index (κ3) is 2.16. The normalized spacial score (nSPS) is 10.8. The largest absolute Gasteiger partial charge is 0.495 e. The van der Waals surface area contributed by atoms with E-state index in [2.05, 4.69) is 4.98 Å². The second kappa shape index (κ2) is 4.90. The number of aromatic nitrogens is 1. The lowest BCUT2D eigenvalue weighted by Gasteiger charge is -2.02. The van der Waals surface area contributed by atoms with Gasteiger partial charge >= 0.3 is 5.97 Å². The molecule has 96 valence electrons. The molecule has 0 saturated heterocycles. The first-order valence-electron chi connectivity index (χ1n) is 5.60. The molecule has 2 aromatic rings. The zero-order chi connectivity index (χ0) is 13.3. The molecule has 5 heteroatoms. The van der Waals surface area contributed by atoms with E-state index in [1.54, 1.807) is 19.2 Å². The summed E-state index contributed by atoms with van der Waals surface area (Å²) in [6.45, 7) is 1.93. The Hall–Kier alpha value is -1.68. The molecule has 0 spiro atoms. The van der Waals surface area contributed by atoms with Crippen LogP contribution in [-0.2, 0) is 11.2 Å². The number of aliphatic carboxylic acids is 1. The summed E-state index contributed by atoms with van der Waals surface area (Å²) in [5.41, 5.74) is 2.69. The van der Waals surface area contributed by atoms with Crippen molar-refractivity contribution >= 4 is 28.5 Å². The maximum absolute atomic E-state index is 10.6. The Labute approximate surface area is 110 Å². The SMILES string of the molecule is COc1ccc(Cl)c2c(C)c(CCC(=O)O)[nH]c12. The molecule has 1 heterocycles. The number of aromatic amines is 1. The van der Waals surface area contributed by atoms with Crippen molar-refractivity contribution in [2.24, 2.45) is 0 Å². The average molecular weight is 268 g/mol. The smallest absolute Gasteiger partial charge is 0.303 e. The van der Waals surface area contributed by atoms with E-state index in [1.165, 1.54) is 0 Å². The number of hydrogen-bond acceptors (Lipinski definition) is 2. The molecular weight excluding hydrogens is 254 g/mol. The lowest BCUT2D eigenvalue weighted by molar-refractivity contribution is -0.136. The highest BCUT2D eigenvalue weighted by Crippen LogP contribution is 2.35. The van der Waals surface area contributed by atoms with Gasteiger partial charge in [0.2, 0.25) is 0 Å². The number of aryl methyl sites for hydroxylation is 2. The number of carboxylic acid groups (broad SMARTS) is 1. The van der Waals surface area contributed by atoms with Gasteiger partial charge in [-0.25, -0.2) is 0 Å². The topological polar surface area (TPSA) is 62.3 Å². The number of fused-ring (bicyclic) bond motifs is 1. The Morgan fingerprint density at radius 1 is 1.50 bits per heavy atom. The lowest BCUT2D eigenvalue weighted by atomic mass is 10.1. The van der Waals surface area contributed by atoms with Gasteiger partial charge in [-0.1, -0.05) is 11.6 Å². The maximum Gasteiger partial charge on any atom is 0.303 e. The molecule has 4 nitrogen and oxygen atoms in total. The molecule has 0 aliphatic heterocycles. The molecule has 0 aliphatic rings. The summed E-state index contributed by atoms with van der Waals surface area (Å²) >= 11 is 6.18. The van der Waals surface area contributed by atoms with Crippen LogP contribution in [-0.4, -0.2) is 23.2 Å². The van der Waals surface area contributed by atoms with Crippen molar-refractivity contribution in [1.29, 1.82) is 0 Å². The van der Waals surface area contributed by atoms with Crippen molar-refractivity contribution in [3.05, 3.63) is 28.4 Å². The van der Waals surface area contributed by atoms with Crippen LogP contribution in [0.25, 0.3) is 10.9 Å². The second-order valence-electron chi connectivity index (χ2n) is 4.12. The van der Waals surface area contributed by atoms with Crippen LogP contribution in [0.3, 0.4) is 0 Å². The van der Waals surface area contributed by atoms with Crippen molar-refractivity contribution < 1.29 is 14.6 Å². The van der Waals surface area contributed by atoms with Gasteiger partial charge in [0.05, 0.1) is 24.1 Å². The molecule has 0 unspecified atom stereocenters. The summed E-state index contributed by atoms with van der Waals surface area (Å²) in [4.78, 5) is 13.8. The van der Waals surface area contributed by atoms with E-state index in [9.17, 15) is 4.79 Å². The number of carbonyl (C=O) groups is 1. The first kappa shape index (κ1) is 12.8. The molecule has 0 saturated carbocycles. The third-order valence-corrected chi connectivity index (χ3v) is 3.34. The zero-order valence-corrected chi connectivity index (χ0v) is 11.0. The molecule has 2 rings (SSSR count). The highest BCUT2D eigenvalue weighted by Gasteiger charge is 2.14. The Morgan fingerprint density at radius 3 is 2.83 bits per heavy atom. The molecule has 0 aliphatic carbocycles. The number of hydrogen-bond donors (Lipinski definition) is 2. The van der Waals surface area contributed by atoms with Gasteiger partial charge in [0.15, 0.2) is 0 Å². The fraction of sp³-hybridized carbons (Fsp3) is 0.308. The van der Waals surface area contributed by atoms with Gasteiger partial charge in [0.25, 0.3) is 0 Å². The third-order valence-electron chi connectivity index (χ3n) is 3.03. The van der Waals surface area contributed by atoms with Gasteiger partial charge in [-0.2, -0.15) is 0 Å². The number of halogens is 1. The molecule has 0 radical (unpaired) electrons. The molecular formula is C13H14ClNO3. The van der Waals surface area contributed by atoms with E-state index < -0.39 is 5.97 Å². The number of benzene rings is 1. The Balaban J connectivity index is 2.54. The van der Waals surface area contributed by atoms with E-state index in [0.717, 1.165) is 22.2 Å². The summed E-state index contributed by atoms with van der Waals surface area (Å²) in [5, 5.41) is 10.3. The zero-order valence-electron chi connectivity index (χ0n) is 10.2. The molecule has 1 aromatic heterocycles. The Kier molecular flexibility index (Phi) is 3.48. The van der Waals surface area contributed by atoms with Gasteiger partial charge in [0.1, 0.15) is 5.75 Å². The van der Waals surface area contributed by atoms with Gasteiger partial charge in [-0.05, 0) is 31.0 Å². The van der Waals surface area contributed by atoms with E-state index >= 15 is 0 Å². The summed E-state index contributed by atoms with van der Waals surface area (Å²) < 4.78 is 5.27. The number of nitrogens with one attached hydrogen (secondary N) is 1. The Morgan fingerprint density at radius 2 is 2.22 bits per heavy atom. The van der Waals surface area contributed by atoms with Crippen molar-refractivity contribution in [3.8, 4) is 5.75 Å². The summed E-state index contributed by atoms with van der Waals surface area (Å²) in [6, 6.07) is 3.58. The van der Waals surface area contributed by atoms with Crippen LogP contribution in [0.5, 0.6) is 5.75 Å². The van der Waals surface area contributed by atoms with Crippen molar-refractivity contribution in [2.45, 2.75) is 19.8 Å². The minimum absolute atomic E-state index is 0.0909. The molecule has 0 fully saturated rings. The molecule has 0 amide bonds. The fourth-order valence-corrected chi connectivity index (χ4v) is 2.40. The number of carboxylic acids is 1. The van der Waals surface area contributed by atoms with Crippen LogP contribution < -0.4 is 4.74 Å². The standard InChI is InChI=1S/C13H14ClNO3/c1-7-9(4-6-11(16)17)15-13-10(18-2)5-3-8(14)12(7)13/h3,5,15H,4,6H2,1-2H3,(H,16,17). The summed E-state index contributed by atoms with van der Waals surface area (Å²) in [6.07, 6.45) is 0.545. The number of ether oxygens (including phenoxy) is 1. The quantitative estimate of drug-likeness (QED) is 0.894. The van der Waals surface area contributed by atoms with Crippen LogP contribution >= 0.6 is 11.6 Å². The van der Waals surface area contributed by atoms with Crippen molar-refractivity contribution in [1.82, 2.24) is 4.98 Å². The molecule has 2 N–H and O–H groups in total. The van der Waals surface area contributed by atoms with Gasteiger partial charge in [-0.3, -0.25) is 4.79 Å². The highest BCUT2D eigenvalue weighted by atomic mass is 35.5. The first-order valence-corrected chi connectivity index (χ1v) is 5.97. The maximum atomic E-state index is 10.6. The van der Waals surface area contributed by atoms with Crippen LogP contribution in [0.4, 0.5) is 0 Å². The minimum Gasteiger partial charge on any atom is -0.495 e. The van der Waals surface area contributed by atoms with E-state index in [4.69, 9.17) is 21.4 Å². The van der Waals surface area contributed by atoms with Crippen LogP contribution in [0.15, 0.2) is 12.1 Å². The molecule has 1 aromatic carbocycles. The lowest BCUT2D eigenvalue weighted by Crippen LogP contribution is -1.98. The Bertz CT molecular complexity index is 604. The molecule has 18 heavy (non-hydrogen) atoms. The monoisotopic (exact) mass is 267 g/mol. The minimum atomic E-state index is -0.814. The first-order chi connectivity index (χ1) is 8.54. The number of rotatable bonds is 4. The molecule has 0 bridgehead atoms. The summed E-state index contributed by atoms with van der Waals surface area (Å²) in [7, 11) is 1.59. The van der Waals surface area contributed by atoms with Gasteiger partial charge in [0, 0.05) is 11.1 Å². The predicted octanol–water partition coefficient (Wildman–Crippen LogP) is 3.16.